The smallest absolute Gasteiger partial charge is 0.214 e. The number of benzene rings is 1. The van der Waals surface area contributed by atoms with Gasteiger partial charge in [-0.3, -0.25) is 0 Å². The molecule has 0 radical (unpaired) electrons. The summed E-state index contributed by atoms with van der Waals surface area (Å²) < 4.78 is 5.67. The Kier molecular flexibility index (Phi) is 2.74. The normalized spacial score (nSPS) is 10.9. The Hall–Kier alpha value is -1.42. The Bertz CT molecular complexity index is 420. The van der Waals surface area contributed by atoms with Crippen LogP contribution in [0.1, 0.15) is 11.4 Å². The van der Waals surface area contributed by atoms with Crippen LogP contribution in [-0.2, 0) is 0 Å². The molecular formula is C10H7BrN2O. The minimum absolute atomic E-state index is 0.577. The number of aromatic nitrogens is 2. The van der Waals surface area contributed by atoms with Crippen molar-refractivity contribution in [2.75, 3.05) is 0 Å². The summed E-state index contributed by atoms with van der Waals surface area (Å²) in [6.07, 6.45) is 5.03. The molecule has 0 saturated carbocycles. The summed E-state index contributed by atoms with van der Waals surface area (Å²) in [5.74, 6) is 0.577. The molecule has 0 aliphatic rings. The molecule has 0 spiro atoms. The summed E-state index contributed by atoms with van der Waals surface area (Å²) in [5, 5.41) is 3.67. The molecular weight excluding hydrogens is 244 g/mol. The van der Waals surface area contributed by atoms with Crippen LogP contribution in [0.3, 0.4) is 0 Å². The summed E-state index contributed by atoms with van der Waals surface area (Å²) in [7, 11) is 0. The van der Waals surface area contributed by atoms with Gasteiger partial charge < -0.3 is 4.52 Å². The van der Waals surface area contributed by atoms with Gasteiger partial charge in [0, 0.05) is 4.47 Å². The van der Waals surface area contributed by atoms with Gasteiger partial charge in [-0.2, -0.15) is 4.98 Å². The Labute approximate surface area is 89.6 Å². The molecule has 1 aromatic heterocycles. The molecule has 3 nitrogen and oxygen atoms in total. The highest BCUT2D eigenvalue weighted by atomic mass is 79.9. The van der Waals surface area contributed by atoms with E-state index in [1.54, 1.807) is 6.08 Å². The monoisotopic (exact) mass is 250 g/mol. The third kappa shape index (κ3) is 2.29. The first kappa shape index (κ1) is 9.15. The van der Waals surface area contributed by atoms with Crippen LogP contribution in [0.25, 0.3) is 12.2 Å². The molecule has 1 aromatic carbocycles. The lowest BCUT2D eigenvalue weighted by Crippen LogP contribution is -1.74. The minimum atomic E-state index is 0.577. The van der Waals surface area contributed by atoms with Crippen molar-refractivity contribution in [1.82, 2.24) is 10.1 Å². The summed E-state index contributed by atoms with van der Waals surface area (Å²) in [4.78, 5) is 3.88. The third-order valence-corrected chi connectivity index (χ3v) is 2.20. The predicted octanol–water partition coefficient (Wildman–Crippen LogP) is 3.00. The molecule has 0 saturated heterocycles. The first-order valence-corrected chi connectivity index (χ1v) is 4.84. The van der Waals surface area contributed by atoms with Crippen LogP contribution in [-0.4, -0.2) is 10.1 Å². The number of rotatable bonds is 2. The second kappa shape index (κ2) is 4.19. The molecule has 0 N–H and O–H groups in total. The Morgan fingerprint density at radius 3 is 2.57 bits per heavy atom. The summed E-state index contributed by atoms with van der Waals surface area (Å²) >= 11 is 3.37. The summed E-state index contributed by atoms with van der Waals surface area (Å²) in [6, 6.07) is 7.97. The van der Waals surface area contributed by atoms with Crippen LogP contribution in [0.5, 0.6) is 0 Å². The highest BCUT2D eigenvalue weighted by Gasteiger charge is 1.91. The second-order valence-electron chi connectivity index (χ2n) is 2.67. The van der Waals surface area contributed by atoms with Gasteiger partial charge in [0.1, 0.15) is 0 Å². The van der Waals surface area contributed by atoms with Crippen LogP contribution in [0.4, 0.5) is 0 Å². The number of halogens is 1. The fourth-order valence-corrected chi connectivity index (χ4v) is 1.26. The van der Waals surface area contributed by atoms with Gasteiger partial charge in [0.25, 0.3) is 0 Å². The number of hydrogen-bond donors (Lipinski definition) is 0. The molecule has 0 aliphatic heterocycles. The Balaban J connectivity index is 2.15. The van der Waals surface area contributed by atoms with E-state index in [1.165, 1.54) is 6.39 Å². The molecule has 1 heterocycles. The van der Waals surface area contributed by atoms with E-state index < -0.39 is 0 Å². The quantitative estimate of drug-likeness (QED) is 0.823. The molecule has 0 fully saturated rings. The SMILES string of the molecule is Brc1ccc(C=Cc2ncon2)cc1. The topological polar surface area (TPSA) is 38.9 Å². The average molecular weight is 251 g/mol. The van der Waals surface area contributed by atoms with Crippen molar-refractivity contribution in [2.24, 2.45) is 0 Å². The zero-order valence-corrected chi connectivity index (χ0v) is 8.81. The van der Waals surface area contributed by atoms with Crippen LogP contribution >= 0.6 is 15.9 Å². The maximum absolute atomic E-state index is 4.60. The maximum Gasteiger partial charge on any atom is 0.214 e. The molecule has 2 aromatic rings. The van der Waals surface area contributed by atoms with Crippen LogP contribution in [0.2, 0.25) is 0 Å². The van der Waals surface area contributed by atoms with Crippen molar-refractivity contribution < 1.29 is 4.52 Å². The lowest BCUT2D eigenvalue weighted by molar-refractivity contribution is 0.415. The fourth-order valence-electron chi connectivity index (χ4n) is 0.997. The summed E-state index contributed by atoms with van der Waals surface area (Å²) in [5.41, 5.74) is 1.10. The first-order valence-electron chi connectivity index (χ1n) is 4.04. The molecule has 0 unspecified atom stereocenters. The highest BCUT2D eigenvalue weighted by molar-refractivity contribution is 9.10. The molecule has 0 aliphatic carbocycles. The Morgan fingerprint density at radius 2 is 1.93 bits per heavy atom. The zero-order chi connectivity index (χ0) is 9.80. The summed E-state index contributed by atoms with van der Waals surface area (Å²) in [6.45, 7) is 0. The molecule has 70 valence electrons. The van der Waals surface area contributed by atoms with E-state index in [0.717, 1.165) is 10.0 Å². The molecule has 14 heavy (non-hydrogen) atoms. The molecule has 0 bridgehead atoms. The fraction of sp³-hybridized carbons (Fsp3) is 0. The third-order valence-electron chi connectivity index (χ3n) is 1.67. The first-order chi connectivity index (χ1) is 6.84. The van der Waals surface area contributed by atoms with E-state index in [0.29, 0.717) is 5.82 Å². The van der Waals surface area contributed by atoms with Crippen molar-refractivity contribution in [3.63, 3.8) is 0 Å². The van der Waals surface area contributed by atoms with Gasteiger partial charge in [0.05, 0.1) is 0 Å². The molecule has 4 heteroatoms. The highest BCUT2D eigenvalue weighted by Crippen LogP contribution is 2.12. The maximum atomic E-state index is 4.60. The van der Waals surface area contributed by atoms with E-state index in [2.05, 4.69) is 30.6 Å². The van der Waals surface area contributed by atoms with Gasteiger partial charge in [-0.1, -0.05) is 39.3 Å². The van der Waals surface area contributed by atoms with Crippen molar-refractivity contribution in [3.8, 4) is 0 Å². The van der Waals surface area contributed by atoms with E-state index in [4.69, 9.17) is 0 Å². The van der Waals surface area contributed by atoms with Crippen molar-refractivity contribution >= 4 is 28.1 Å². The molecule has 0 amide bonds. The lowest BCUT2D eigenvalue weighted by atomic mass is 10.2. The predicted molar refractivity (Wildman–Crippen MR) is 57.4 cm³/mol. The van der Waals surface area contributed by atoms with E-state index in [1.807, 2.05) is 30.3 Å². The van der Waals surface area contributed by atoms with E-state index in [-0.39, 0.29) is 0 Å². The van der Waals surface area contributed by atoms with Crippen molar-refractivity contribution in [3.05, 3.63) is 46.5 Å². The van der Waals surface area contributed by atoms with Crippen LogP contribution in [0.15, 0.2) is 39.7 Å². The number of nitrogens with zero attached hydrogens (tertiary/aromatic N) is 2. The van der Waals surface area contributed by atoms with E-state index in [9.17, 15) is 0 Å². The van der Waals surface area contributed by atoms with Crippen molar-refractivity contribution in [1.29, 1.82) is 0 Å². The lowest BCUT2D eigenvalue weighted by Gasteiger charge is -1.91. The van der Waals surface area contributed by atoms with Gasteiger partial charge in [0.2, 0.25) is 6.39 Å². The largest absolute Gasteiger partial charge is 0.342 e. The standard InChI is InChI=1S/C10H7BrN2O/c11-9-4-1-8(2-5-9)3-6-10-12-7-14-13-10/h1-7H. The minimum Gasteiger partial charge on any atom is -0.342 e. The van der Waals surface area contributed by atoms with Gasteiger partial charge in [-0.15, -0.1) is 0 Å². The second-order valence-corrected chi connectivity index (χ2v) is 3.59. The zero-order valence-electron chi connectivity index (χ0n) is 7.22. The molecule has 2 rings (SSSR count). The van der Waals surface area contributed by atoms with Crippen LogP contribution < -0.4 is 0 Å². The van der Waals surface area contributed by atoms with Crippen molar-refractivity contribution in [2.45, 2.75) is 0 Å². The van der Waals surface area contributed by atoms with Gasteiger partial charge in [-0.25, -0.2) is 0 Å². The Morgan fingerprint density at radius 1 is 1.14 bits per heavy atom. The van der Waals surface area contributed by atoms with E-state index >= 15 is 0 Å². The van der Waals surface area contributed by atoms with Gasteiger partial charge in [-0.05, 0) is 23.8 Å². The van der Waals surface area contributed by atoms with Gasteiger partial charge in [0.15, 0.2) is 5.82 Å². The van der Waals surface area contributed by atoms with Gasteiger partial charge >= 0.3 is 0 Å². The average Bonchev–Trinajstić information content (AvgIpc) is 2.70. The molecule has 0 atom stereocenters. The van der Waals surface area contributed by atoms with Crippen LogP contribution in [0, 0.1) is 0 Å². The number of hydrogen-bond acceptors (Lipinski definition) is 3.